The predicted octanol–water partition coefficient (Wildman–Crippen LogP) is 4.19. The summed E-state index contributed by atoms with van der Waals surface area (Å²) in [4.78, 5) is 27.8. The summed E-state index contributed by atoms with van der Waals surface area (Å²) in [5.41, 5.74) is -3.79. The molecule has 0 bridgehead atoms. The van der Waals surface area contributed by atoms with Gasteiger partial charge >= 0.3 is 11.9 Å². The van der Waals surface area contributed by atoms with Crippen molar-refractivity contribution in [2.75, 3.05) is 0 Å². The third-order valence-corrected chi connectivity index (χ3v) is 7.72. The van der Waals surface area contributed by atoms with Crippen LogP contribution in [0.15, 0.2) is 78.8 Å². The number of carbonyl (C=O) groups is 2. The van der Waals surface area contributed by atoms with Crippen LogP contribution in [0, 0.1) is 0 Å². The van der Waals surface area contributed by atoms with Gasteiger partial charge in [-0.25, -0.2) is 9.59 Å². The molecule has 4 aromatic rings. The molecule has 0 unspecified atom stereocenters. The Morgan fingerprint density at radius 2 is 0.938 bits per heavy atom. The van der Waals surface area contributed by atoms with Gasteiger partial charge in [0.15, 0.2) is 11.4 Å². The van der Waals surface area contributed by atoms with Crippen LogP contribution in [0.25, 0.3) is 12.2 Å². The normalized spacial score (nSPS) is 12.3. The molecule has 0 fully saturated rings. The Labute approximate surface area is 267 Å². The van der Waals surface area contributed by atoms with E-state index in [1.165, 1.54) is 0 Å². The first-order valence-corrected chi connectivity index (χ1v) is 15.3. The number of hydrogen-bond donors (Lipinski definition) is 8. The summed E-state index contributed by atoms with van der Waals surface area (Å²) < 4.78 is 68.2. The van der Waals surface area contributed by atoms with Crippen LogP contribution in [-0.2, 0) is 20.2 Å². The molecule has 248 valence electrons. The summed E-state index contributed by atoms with van der Waals surface area (Å²) in [5.74, 6) is -6.89. The van der Waals surface area contributed by atoms with Crippen LogP contribution in [0.5, 0.6) is 23.5 Å². The van der Waals surface area contributed by atoms with E-state index in [0.29, 0.717) is 12.1 Å². The summed E-state index contributed by atoms with van der Waals surface area (Å²) in [6, 6.07) is 7.44. The van der Waals surface area contributed by atoms with Crippen molar-refractivity contribution in [3.8, 4) is 23.5 Å². The highest BCUT2D eigenvalue weighted by Crippen LogP contribution is 2.35. The first-order valence-electron chi connectivity index (χ1n) is 12.4. The number of pyridine rings is 2. The summed E-state index contributed by atoms with van der Waals surface area (Å²) in [6.45, 7) is 0. The first-order chi connectivity index (χ1) is 22.3. The van der Waals surface area contributed by atoms with Crippen molar-refractivity contribution < 1.29 is 66.2 Å². The minimum absolute atomic E-state index is 0.238. The molecule has 8 N–H and O–H groups in total. The fourth-order valence-corrected chi connectivity index (χ4v) is 5.24. The molecule has 0 aliphatic heterocycles. The second kappa shape index (κ2) is 13.2. The van der Waals surface area contributed by atoms with E-state index in [9.17, 15) is 66.2 Å². The van der Waals surface area contributed by atoms with Gasteiger partial charge in [-0.1, -0.05) is 24.3 Å². The van der Waals surface area contributed by atoms with Crippen molar-refractivity contribution in [2.24, 2.45) is 20.5 Å². The van der Waals surface area contributed by atoms with Crippen molar-refractivity contribution in [1.82, 2.24) is 9.97 Å². The van der Waals surface area contributed by atoms with Crippen molar-refractivity contribution in [3.05, 3.63) is 70.8 Å². The van der Waals surface area contributed by atoms with E-state index >= 15 is 0 Å². The molecule has 4 rings (SSSR count). The highest BCUT2D eigenvalue weighted by molar-refractivity contribution is 7.86. The molecule has 0 radical (unpaired) electrons. The van der Waals surface area contributed by atoms with Gasteiger partial charge < -0.3 is 30.6 Å². The number of carboxylic acid groups (broad SMARTS) is 2. The molecule has 0 amide bonds. The lowest BCUT2D eigenvalue weighted by Crippen LogP contribution is -2.01. The molecule has 0 atom stereocenters. The van der Waals surface area contributed by atoms with E-state index in [1.54, 1.807) is 0 Å². The average Bonchev–Trinajstić information content (AvgIpc) is 2.97. The molecule has 0 saturated heterocycles. The third kappa shape index (κ3) is 7.88. The Morgan fingerprint density at radius 3 is 1.25 bits per heavy atom. The topological polar surface area (TPSA) is 339 Å². The maximum Gasteiger partial charge on any atom is 0.338 e. The number of azo groups is 2. The average molecular weight is 703 g/mol. The number of hydrogen-bond acceptors (Lipinski definition) is 16. The Bertz CT molecular complexity index is 2150. The number of carboxylic acids is 2. The van der Waals surface area contributed by atoms with Crippen LogP contribution >= 0.6 is 0 Å². The van der Waals surface area contributed by atoms with Crippen LogP contribution in [0.1, 0.15) is 31.8 Å². The third-order valence-electron chi connectivity index (χ3n) is 5.91. The summed E-state index contributed by atoms with van der Waals surface area (Å²) in [7, 11) is -9.99. The zero-order chi connectivity index (χ0) is 35.6. The number of nitrogens with zero attached hydrogens (tertiary/aromatic N) is 6. The predicted molar refractivity (Wildman–Crippen MR) is 159 cm³/mol. The molecular formula is C26H18N6O14S2. The zero-order valence-corrected chi connectivity index (χ0v) is 24.9. The molecule has 0 spiro atoms. The molecule has 0 aliphatic carbocycles. The minimum Gasteiger partial charge on any atom is -0.493 e. The monoisotopic (exact) mass is 702 g/mol. The van der Waals surface area contributed by atoms with E-state index in [2.05, 4.69) is 30.4 Å². The van der Waals surface area contributed by atoms with Gasteiger partial charge in [-0.3, -0.25) is 9.11 Å². The molecule has 48 heavy (non-hydrogen) atoms. The second-order valence-electron chi connectivity index (χ2n) is 9.14. The van der Waals surface area contributed by atoms with Gasteiger partial charge in [0.1, 0.15) is 9.79 Å². The van der Waals surface area contributed by atoms with Gasteiger partial charge in [-0.05, 0) is 35.4 Å². The van der Waals surface area contributed by atoms with Crippen molar-refractivity contribution in [3.63, 3.8) is 0 Å². The summed E-state index contributed by atoms with van der Waals surface area (Å²) in [6.07, 6.45) is 2.07. The van der Waals surface area contributed by atoms with E-state index in [4.69, 9.17) is 0 Å². The van der Waals surface area contributed by atoms with E-state index < -0.39 is 88.0 Å². The lowest BCUT2D eigenvalue weighted by molar-refractivity contribution is 0.0686. The van der Waals surface area contributed by atoms with Gasteiger partial charge in [-0.2, -0.15) is 37.0 Å². The molecule has 20 nitrogen and oxygen atoms in total. The van der Waals surface area contributed by atoms with Crippen LogP contribution in [0.2, 0.25) is 0 Å². The van der Waals surface area contributed by atoms with E-state index in [1.807, 2.05) is 0 Å². The Hall–Kier alpha value is -6.36. The van der Waals surface area contributed by atoms with Crippen LogP contribution in [0.3, 0.4) is 0 Å². The van der Waals surface area contributed by atoms with Crippen LogP contribution in [-0.4, -0.2) is 78.5 Å². The Morgan fingerprint density at radius 1 is 0.583 bits per heavy atom. The Balaban J connectivity index is 1.72. The molecule has 22 heteroatoms. The number of aromatic carboxylic acids is 2. The molecule has 0 aliphatic rings. The molecule has 0 saturated carbocycles. The molecule has 2 aromatic carbocycles. The van der Waals surface area contributed by atoms with Gasteiger partial charge in [0.05, 0.1) is 22.5 Å². The van der Waals surface area contributed by atoms with Crippen LogP contribution < -0.4 is 0 Å². The lowest BCUT2D eigenvalue weighted by Gasteiger charge is -2.07. The van der Waals surface area contributed by atoms with Crippen molar-refractivity contribution >= 4 is 67.1 Å². The number of aromatic hydroxyl groups is 4. The Kier molecular flexibility index (Phi) is 9.47. The quantitative estimate of drug-likeness (QED) is 0.0652. The van der Waals surface area contributed by atoms with E-state index in [0.717, 1.165) is 48.6 Å². The van der Waals surface area contributed by atoms with Gasteiger partial charge in [0.2, 0.25) is 23.5 Å². The maximum absolute atomic E-state index is 12.2. The van der Waals surface area contributed by atoms with Crippen molar-refractivity contribution in [2.45, 2.75) is 9.79 Å². The number of benzene rings is 2. The largest absolute Gasteiger partial charge is 0.493 e. The van der Waals surface area contributed by atoms with Gasteiger partial charge in [0.25, 0.3) is 20.2 Å². The highest BCUT2D eigenvalue weighted by atomic mass is 32.2. The molecule has 2 heterocycles. The molecular weight excluding hydrogens is 684 g/mol. The smallest absolute Gasteiger partial charge is 0.338 e. The van der Waals surface area contributed by atoms with E-state index in [-0.39, 0.29) is 22.5 Å². The number of rotatable bonds is 10. The number of aromatic nitrogens is 2. The summed E-state index contributed by atoms with van der Waals surface area (Å²) in [5, 5.41) is 71.6. The van der Waals surface area contributed by atoms with Crippen LogP contribution in [0.4, 0.5) is 22.7 Å². The van der Waals surface area contributed by atoms with Crippen molar-refractivity contribution in [1.29, 1.82) is 0 Å². The lowest BCUT2D eigenvalue weighted by atomic mass is 10.1. The highest BCUT2D eigenvalue weighted by Gasteiger charge is 2.21. The summed E-state index contributed by atoms with van der Waals surface area (Å²) >= 11 is 0. The fourth-order valence-electron chi connectivity index (χ4n) is 3.83. The maximum atomic E-state index is 12.2. The fraction of sp³-hybridized carbons (Fsp3) is 0. The first kappa shape index (κ1) is 34.5. The standard InChI is InChI=1S/C26H18N6O14S2/c33-19-9-15(25(37)38)21(23(35)27-19)31-29-13-5-3-11(17(7-13)47(41,42)43)1-2-12-4-6-14(8-18(12)48(44,45)46)30-32-22-16(26(39)40)10-20(34)28-24(22)36/h1-10H,(H,37,38)(H,39,40)(H2,27,33,35)(H2,28,34,36)(H,41,42,43)(H,44,45,46)/b2-1+,31-29?,32-30?. The zero-order valence-electron chi connectivity index (χ0n) is 23.3. The van der Waals surface area contributed by atoms with Gasteiger partial charge in [0, 0.05) is 12.1 Å². The molecule has 2 aromatic heterocycles. The SMILES string of the molecule is O=C(O)c1cc(O)nc(O)c1N=Nc1ccc(/C=C/c2ccc(N=Nc3c(C(=O)O)cc(O)nc3O)cc2S(=O)(=O)O)c(S(=O)(=O)O)c1. The van der Waals surface area contributed by atoms with Gasteiger partial charge in [-0.15, -0.1) is 10.2 Å². The minimum atomic E-state index is -4.99. The second-order valence-corrected chi connectivity index (χ2v) is 11.9.